The van der Waals surface area contributed by atoms with Gasteiger partial charge in [-0.05, 0) is 45.6 Å². The van der Waals surface area contributed by atoms with E-state index in [1.54, 1.807) is 28.2 Å². The second-order valence-electron chi connectivity index (χ2n) is 4.40. The molecule has 0 amide bonds. The summed E-state index contributed by atoms with van der Waals surface area (Å²) in [5.41, 5.74) is 0.903. The standard InChI is InChI=1S/C13H12BrN3O2S3/c14-12-3-4-13(21-12)22(18,19)15-6-8-17-7-5-10(16-17)11-2-1-9-20-11/h1-5,7,9,15H,6,8H2. The minimum absolute atomic E-state index is 0.295. The van der Waals surface area contributed by atoms with Crippen LogP contribution in [0.25, 0.3) is 10.6 Å². The van der Waals surface area contributed by atoms with Crippen LogP contribution >= 0.6 is 38.6 Å². The summed E-state index contributed by atoms with van der Waals surface area (Å²) in [6, 6.07) is 9.22. The number of aromatic nitrogens is 2. The van der Waals surface area contributed by atoms with Gasteiger partial charge in [0.2, 0.25) is 10.0 Å². The van der Waals surface area contributed by atoms with Crippen molar-refractivity contribution < 1.29 is 8.42 Å². The van der Waals surface area contributed by atoms with Gasteiger partial charge in [-0.2, -0.15) is 5.10 Å². The summed E-state index contributed by atoms with van der Waals surface area (Å²) in [4.78, 5) is 1.10. The molecule has 3 heterocycles. The molecule has 0 bridgehead atoms. The highest BCUT2D eigenvalue weighted by Gasteiger charge is 2.15. The van der Waals surface area contributed by atoms with E-state index in [1.165, 1.54) is 11.3 Å². The number of rotatable bonds is 6. The Morgan fingerprint density at radius 3 is 2.82 bits per heavy atom. The zero-order chi connectivity index (χ0) is 15.6. The maximum absolute atomic E-state index is 12.1. The summed E-state index contributed by atoms with van der Waals surface area (Å²) in [6.07, 6.45) is 1.85. The first-order valence-corrected chi connectivity index (χ1v) is 10.3. The first-order valence-electron chi connectivity index (χ1n) is 6.37. The molecule has 0 aliphatic heterocycles. The van der Waals surface area contributed by atoms with Gasteiger partial charge in [0.25, 0.3) is 0 Å². The zero-order valence-corrected chi connectivity index (χ0v) is 15.3. The Labute approximate surface area is 144 Å². The predicted octanol–water partition coefficient (Wildman–Crippen LogP) is 3.41. The maximum atomic E-state index is 12.1. The fraction of sp³-hybridized carbons (Fsp3) is 0.154. The Morgan fingerprint density at radius 1 is 1.27 bits per heavy atom. The first kappa shape index (κ1) is 15.9. The molecule has 0 radical (unpaired) electrons. The van der Waals surface area contributed by atoms with Crippen LogP contribution in [0, 0.1) is 0 Å². The molecule has 5 nitrogen and oxygen atoms in total. The minimum atomic E-state index is -3.45. The molecule has 0 fully saturated rings. The van der Waals surface area contributed by atoms with E-state index >= 15 is 0 Å². The molecule has 9 heteroatoms. The summed E-state index contributed by atoms with van der Waals surface area (Å²) in [7, 11) is -3.45. The number of nitrogens with one attached hydrogen (secondary N) is 1. The summed E-state index contributed by atoms with van der Waals surface area (Å²) in [6.45, 7) is 0.778. The number of hydrogen-bond donors (Lipinski definition) is 1. The van der Waals surface area contributed by atoms with Gasteiger partial charge in [0.15, 0.2) is 0 Å². The van der Waals surface area contributed by atoms with Crippen LogP contribution in [0.5, 0.6) is 0 Å². The Morgan fingerprint density at radius 2 is 2.14 bits per heavy atom. The Balaban J connectivity index is 1.59. The lowest BCUT2D eigenvalue weighted by atomic mass is 10.3. The molecule has 116 valence electrons. The third-order valence-corrected chi connectivity index (χ3v) is 7.33. The lowest BCUT2D eigenvalue weighted by Crippen LogP contribution is -2.27. The molecule has 0 saturated heterocycles. The number of sulfonamides is 1. The van der Waals surface area contributed by atoms with E-state index < -0.39 is 10.0 Å². The zero-order valence-electron chi connectivity index (χ0n) is 11.3. The molecule has 0 aliphatic carbocycles. The molecule has 3 rings (SSSR count). The molecule has 0 saturated carbocycles. The summed E-state index contributed by atoms with van der Waals surface area (Å²) in [5.74, 6) is 0. The maximum Gasteiger partial charge on any atom is 0.250 e. The molecule has 3 aromatic heterocycles. The Bertz CT molecular complexity index is 853. The van der Waals surface area contributed by atoms with Crippen molar-refractivity contribution in [2.45, 2.75) is 10.8 Å². The van der Waals surface area contributed by atoms with Crippen molar-refractivity contribution >= 4 is 48.6 Å². The Hall–Kier alpha value is -1.000. The van der Waals surface area contributed by atoms with Gasteiger partial charge in [-0.1, -0.05) is 6.07 Å². The molecular formula is C13H12BrN3O2S3. The van der Waals surface area contributed by atoms with Crippen LogP contribution in [0.3, 0.4) is 0 Å². The molecule has 0 aromatic carbocycles. The average Bonchev–Trinajstić information content (AvgIpc) is 3.18. The molecule has 0 aliphatic rings. The SMILES string of the molecule is O=S(=O)(NCCn1ccc(-c2cccs2)n1)c1ccc(Br)s1. The van der Waals surface area contributed by atoms with Crippen molar-refractivity contribution in [2.24, 2.45) is 0 Å². The van der Waals surface area contributed by atoms with E-state index in [2.05, 4.69) is 25.8 Å². The van der Waals surface area contributed by atoms with Crippen molar-refractivity contribution in [2.75, 3.05) is 6.54 Å². The topological polar surface area (TPSA) is 64.0 Å². The van der Waals surface area contributed by atoms with Crippen molar-refractivity contribution in [1.82, 2.24) is 14.5 Å². The van der Waals surface area contributed by atoms with Gasteiger partial charge in [-0.15, -0.1) is 22.7 Å². The van der Waals surface area contributed by atoms with Crippen LogP contribution in [0.2, 0.25) is 0 Å². The monoisotopic (exact) mass is 417 g/mol. The summed E-state index contributed by atoms with van der Waals surface area (Å²) >= 11 is 6.08. The second kappa shape index (κ2) is 6.63. The van der Waals surface area contributed by atoms with Crippen LogP contribution < -0.4 is 4.72 Å². The predicted molar refractivity (Wildman–Crippen MR) is 92.7 cm³/mol. The third kappa shape index (κ3) is 3.66. The minimum Gasteiger partial charge on any atom is -0.271 e. The molecule has 3 aromatic rings. The van der Waals surface area contributed by atoms with Gasteiger partial charge in [-0.3, -0.25) is 4.68 Å². The highest BCUT2D eigenvalue weighted by molar-refractivity contribution is 9.11. The molecule has 1 N–H and O–H groups in total. The number of halogens is 1. The second-order valence-corrected chi connectivity index (χ2v) is 9.80. The number of hydrogen-bond acceptors (Lipinski definition) is 5. The van der Waals surface area contributed by atoms with E-state index in [9.17, 15) is 8.42 Å². The average molecular weight is 418 g/mol. The van der Waals surface area contributed by atoms with Crippen molar-refractivity contribution in [3.8, 4) is 10.6 Å². The van der Waals surface area contributed by atoms with Crippen LogP contribution in [-0.4, -0.2) is 24.7 Å². The summed E-state index contributed by atoms with van der Waals surface area (Å²) in [5, 5.41) is 6.44. The van der Waals surface area contributed by atoms with Crippen LogP contribution in [0.1, 0.15) is 0 Å². The normalized spacial score (nSPS) is 11.9. The van der Waals surface area contributed by atoms with E-state index in [0.29, 0.717) is 17.3 Å². The van der Waals surface area contributed by atoms with E-state index in [-0.39, 0.29) is 0 Å². The van der Waals surface area contributed by atoms with Gasteiger partial charge in [-0.25, -0.2) is 13.1 Å². The van der Waals surface area contributed by atoms with Crippen LogP contribution in [0.15, 0.2) is 49.9 Å². The molecule has 0 spiro atoms. The Kier molecular flexibility index (Phi) is 4.79. The molecule has 22 heavy (non-hydrogen) atoms. The molecular weight excluding hydrogens is 406 g/mol. The van der Waals surface area contributed by atoms with Gasteiger partial charge in [0.1, 0.15) is 9.90 Å². The van der Waals surface area contributed by atoms with Crippen molar-refractivity contribution in [3.05, 3.63) is 45.7 Å². The lowest BCUT2D eigenvalue weighted by Gasteiger charge is -2.04. The molecule has 0 unspecified atom stereocenters. The highest BCUT2D eigenvalue weighted by atomic mass is 79.9. The summed E-state index contributed by atoms with van der Waals surface area (Å²) < 4.78 is 29.6. The lowest BCUT2D eigenvalue weighted by molar-refractivity contribution is 0.563. The fourth-order valence-corrected chi connectivity index (χ4v) is 5.62. The fourth-order valence-electron chi connectivity index (χ4n) is 1.85. The first-order chi connectivity index (χ1) is 10.5. The van der Waals surface area contributed by atoms with Crippen LogP contribution in [-0.2, 0) is 16.6 Å². The largest absolute Gasteiger partial charge is 0.271 e. The molecule has 0 atom stereocenters. The number of thiophene rings is 2. The highest BCUT2D eigenvalue weighted by Crippen LogP contribution is 2.25. The van der Waals surface area contributed by atoms with Gasteiger partial charge in [0.05, 0.1) is 15.2 Å². The quantitative estimate of drug-likeness (QED) is 0.667. The van der Waals surface area contributed by atoms with E-state index in [0.717, 1.165) is 14.4 Å². The smallest absolute Gasteiger partial charge is 0.250 e. The van der Waals surface area contributed by atoms with E-state index in [1.807, 2.05) is 29.8 Å². The number of nitrogens with zero attached hydrogens (tertiary/aromatic N) is 2. The van der Waals surface area contributed by atoms with Crippen LogP contribution in [0.4, 0.5) is 0 Å². The third-order valence-electron chi connectivity index (χ3n) is 2.86. The van der Waals surface area contributed by atoms with Gasteiger partial charge < -0.3 is 0 Å². The van der Waals surface area contributed by atoms with Gasteiger partial charge in [0, 0.05) is 12.7 Å². The van der Waals surface area contributed by atoms with Crippen molar-refractivity contribution in [3.63, 3.8) is 0 Å². The van der Waals surface area contributed by atoms with Crippen molar-refractivity contribution in [1.29, 1.82) is 0 Å². The van der Waals surface area contributed by atoms with E-state index in [4.69, 9.17) is 0 Å². The van der Waals surface area contributed by atoms with Gasteiger partial charge >= 0.3 is 0 Å².